The van der Waals surface area contributed by atoms with Crippen LogP contribution in [0.5, 0.6) is 17.4 Å². The summed E-state index contributed by atoms with van der Waals surface area (Å²) in [4.78, 5) is 24.1. The minimum Gasteiger partial charge on any atom is -0.494 e. The maximum absolute atomic E-state index is 11.4. The number of carbonyl (C=O) groups is 1. The first kappa shape index (κ1) is 33.2. The predicted molar refractivity (Wildman–Crippen MR) is 173 cm³/mol. The molecule has 0 fully saturated rings. The zero-order valence-corrected chi connectivity index (χ0v) is 26.7. The Balaban J connectivity index is 0.000000259. The molecular weight excluding hydrogens is 546 g/mol. The fourth-order valence-corrected chi connectivity index (χ4v) is 4.51. The monoisotopic (exact) mass is 591 g/mol. The van der Waals surface area contributed by atoms with Gasteiger partial charge in [-0.05, 0) is 57.4 Å². The van der Waals surface area contributed by atoms with Crippen LogP contribution >= 0.6 is 0 Å². The summed E-state index contributed by atoms with van der Waals surface area (Å²) >= 11 is 0. The molecule has 0 spiro atoms. The number of hydrogen-bond donors (Lipinski definition) is 3. The summed E-state index contributed by atoms with van der Waals surface area (Å²) in [5.74, 6) is 1.22. The summed E-state index contributed by atoms with van der Waals surface area (Å²) in [7, 11) is 11.4. The molecule has 2 aromatic carbocycles. The van der Waals surface area contributed by atoms with Crippen LogP contribution in [0.15, 0.2) is 48.7 Å². The van der Waals surface area contributed by atoms with E-state index in [2.05, 4.69) is 51.9 Å². The van der Waals surface area contributed by atoms with Gasteiger partial charge < -0.3 is 40.0 Å². The van der Waals surface area contributed by atoms with Crippen LogP contribution < -0.4 is 20.5 Å². The molecule has 4 aromatic rings. The molecule has 4 rings (SSSR count). The Morgan fingerprint density at radius 3 is 2.42 bits per heavy atom. The number of hydrogen-bond acceptors (Lipinski definition) is 9. The number of anilines is 2. The van der Waals surface area contributed by atoms with Gasteiger partial charge in [-0.1, -0.05) is 39.0 Å². The number of carboxylic acids is 1. The van der Waals surface area contributed by atoms with Crippen LogP contribution in [-0.2, 0) is 19.0 Å². The quantitative estimate of drug-likeness (QED) is 0.215. The van der Waals surface area contributed by atoms with E-state index in [4.69, 9.17) is 15.2 Å². The van der Waals surface area contributed by atoms with Crippen molar-refractivity contribution in [2.75, 3.05) is 59.4 Å². The van der Waals surface area contributed by atoms with E-state index in [1.54, 1.807) is 43.1 Å². The lowest BCUT2D eigenvalue weighted by Crippen LogP contribution is -2.21. The molecule has 0 saturated heterocycles. The van der Waals surface area contributed by atoms with Crippen molar-refractivity contribution in [1.29, 1.82) is 0 Å². The molecule has 0 radical (unpaired) electrons. The van der Waals surface area contributed by atoms with E-state index in [1.807, 2.05) is 46.4 Å². The highest BCUT2D eigenvalue weighted by molar-refractivity contribution is 5.96. The number of aromatic carboxylic acids is 1. The van der Waals surface area contributed by atoms with Gasteiger partial charge in [0.25, 0.3) is 0 Å². The smallest absolute Gasteiger partial charge is 0.352 e. The van der Waals surface area contributed by atoms with E-state index in [0.29, 0.717) is 29.6 Å². The zero-order chi connectivity index (χ0) is 31.9. The van der Waals surface area contributed by atoms with Crippen molar-refractivity contribution in [3.8, 4) is 17.4 Å². The Bertz CT molecular complexity index is 1540. The van der Waals surface area contributed by atoms with Gasteiger partial charge >= 0.3 is 5.97 Å². The maximum atomic E-state index is 11.4. The van der Waals surface area contributed by atoms with Gasteiger partial charge in [-0.3, -0.25) is 0 Å². The van der Waals surface area contributed by atoms with Crippen molar-refractivity contribution in [3.63, 3.8) is 0 Å². The summed E-state index contributed by atoms with van der Waals surface area (Å²) in [6.07, 6.45) is 1.62. The van der Waals surface area contributed by atoms with Gasteiger partial charge in [-0.2, -0.15) is 4.98 Å². The second-order valence-corrected chi connectivity index (χ2v) is 11.9. The van der Waals surface area contributed by atoms with Gasteiger partial charge in [-0.15, -0.1) is 0 Å². The third-order valence-corrected chi connectivity index (χ3v) is 6.68. The molecule has 2 heterocycles. The lowest BCUT2D eigenvalue weighted by atomic mass is 9.85. The first-order valence-electron chi connectivity index (χ1n) is 14.0. The molecule has 0 aliphatic heterocycles. The summed E-state index contributed by atoms with van der Waals surface area (Å²) in [6.45, 7) is 8.97. The molecule has 0 aliphatic rings. The molecular formula is C32H45N7O4. The molecule has 43 heavy (non-hydrogen) atoms. The Hall–Kier alpha value is -4.35. The van der Waals surface area contributed by atoms with Crippen LogP contribution in [-0.4, -0.2) is 83.8 Å². The number of aryl methyl sites for hydroxylation is 1. The zero-order valence-electron chi connectivity index (χ0n) is 26.7. The number of methoxy groups -OCH3 is 1. The molecule has 11 nitrogen and oxygen atoms in total. The molecule has 0 bridgehead atoms. The largest absolute Gasteiger partial charge is 0.494 e. The highest BCUT2D eigenvalue weighted by Crippen LogP contribution is 2.34. The van der Waals surface area contributed by atoms with Crippen molar-refractivity contribution in [2.45, 2.75) is 32.7 Å². The number of ether oxygens (including phenoxy) is 2. The van der Waals surface area contributed by atoms with Crippen LogP contribution in [0, 0.1) is 0 Å². The number of rotatable bonds is 10. The Morgan fingerprint density at radius 2 is 1.81 bits per heavy atom. The Kier molecular flexibility index (Phi) is 11.0. The molecule has 0 aliphatic carbocycles. The molecule has 0 unspecified atom stereocenters. The molecule has 232 valence electrons. The Morgan fingerprint density at radius 1 is 1.09 bits per heavy atom. The van der Waals surface area contributed by atoms with Crippen molar-refractivity contribution < 1.29 is 19.4 Å². The number of carboxylic acid groups (broad SMARTS) is 1. The summed E-state index contributed by atoms with van der Waals surface area (Å²) in [6, 6.07) is 12.9. The third-order valence-electron chi connectivity index (χ3n) is 6.68. The van der Waals surface area contributed by atoms with Gasteiger partial charge in [0, 0.05) is 49.9 Å². The number of nitrogens with one attached hydrogen (secondary N) is 1. The van der Waals surface area contributed by atoms with Crippen LogP contribution in [0.25, 0.3) is 10.9 Å². The fraction of sp³-hybridized carbons (Fsp3) is 0.406. The lowest BCUT2D eigenvalue weighted by molar-refractivity contribution is 0.0687. The highest BCUT2D eigenvalue weighted by Gasteiger charge is 2.19. The molecule has 4 N–H and O–H groups in total. The van der Waals surface area contributed by atoms with E-state index in [0.717, 1.165) is 35.5 Å². The molecule has 0 saturated carbocycles. The normalized spacial score (nSPS) is 11.4. The van der Waals surface area contributed by atoms with E-state index in [1.165, 1.54) is 5.56 Å². The highest BCUT2D eigenvalue weighted by atomic mass is 16.5. The number of aromatic nitrogens is 3. The van der Waals surface area contributed by atoms with Crippen LogP contribution in [0.2, 0.25) is 0 Å². The third kappa shape index (κ3) is 8.82. The van der Waals surface area contributed by atoms with Gasteiger partial charge in [-0.25, -0.2) is 9.78 Å². The maximum Gasteiger partial charge on any atom is 0.352 e. The first-order valence-corrected chi connectivity index (χ1v) is 14.0. The predicted octanol–water partition coefficient (Wildman–Crippen LogP) is 5.07. The van der Waals surface area contributed by atoms with Crippen LogP contribution in [0.3, 0.4) is 0 Å². The lowest BCUT2D eigenvalue weighted by Gasteiger charge is -2.23. The van der Waals surface area contributed by atoms with Crippen LogP contribution in [0.4, 0.5) is 11.6 Å². The van der Waals surface area contributed by atoms with Gasteiger partial charge in [0.1, 0.15) is 11.4 Å². The van der Waals surface area contributed by atoms with Gasteiger partial charge in [0.05, 0.1) is 18.3 Å². The van der Waals surface area contributed by atoms with Gasteiger partial charge in [0.2, 0.25) is 11.8 Å². The number of nitrogens with two attached hydrogens (primary N) is 1. The number of para-hydroxylation sites is 1. The topological polar surface area (TPSA) is 131 Å². The molecule has 0 atom stereocenters. The van der Waals surface area contributed by atoms with Crippen molar-refractivity contribution in [2.24, 2.45) is 7.05 Å². The van der Waals surface area contributed by atoms with Crippen molar-refractivity contribution >= 4 is 28.5 Å². The summed E-state index contributed by atoms with van der Waals surface area (Å²) in [5.41, 5.74) is 10.2. The van der Waals surface area contributed by atoms with E-state index in [-0.39, 0.29) is 11.1 Å². The van der Waals surface area contributed by atoms with E-state index < -0.39 is 5.97 Å². The minimum absolute atomic E-state index is 0.0987. The van der Waals surface area contributed by atoms with E-state index in [9.17, 15) is 9.90 Å². The molecule has 0 amide bonds. The first-order chi connectivity index (χ1) is 20.2. The molecule has 11 heteroatoms. The van der Waals surface area contributed by atoms with E-state index >= 15 is 0 Å². The van der Waals surface area contributed by atoms with Crippen molar-refractivity contribution in [1.82, 2.24) is 24.3 Å². The molecule has 2 aromatic heterocycles. The second kappa shape index (κ2) is 14.2. The number of nitrogens with zero attached hydrogens (tertiary/aromatic N) is 5. The Labute approximate surface area is 254 Å². The average Bonchev–Trinajstić information content (AvgIpc) is 3.26. The van der Waals surface area contributed by atoms with Crippen LogP contribution in [0.1, 0.15) is 42.4 Å². The summed E-state index contributed by atoms with van der Waals surface area (Å²) < 4.78 is 12.9. The number of nitrogen functional groups attached to an aromatic ring is 1. The van der Waals surface area contributed by atoms with Gasteiger partial charge in [0.15, 0.2) is 5.75 Å². The SMILES string of the molecule is CN(C)CCNc1nccc(Oc2cccc3cc(C(=O)O)n(C)c23)n1.COc1c(N)cc(C(C)(C)C)cc1CN(C)C. The summed E-state index contributed by atoms with van der Waals surface area (Å²) in [5, 5.41) is 13.2. The van der Waals surface area contributed by atoms with Crippen molar-refractivity contribution in [3.05, 3.63) is 65.5 Å². The average molecular weight is 592 g/mol. The number of benzene rings is 2. The second-order valence-electron chi connectivity index (χ2n) is 11.9. The fourth-order valence-electron chi connectivity index (χ4n) is 4.51. The number of likely N-dealkylation sites (N-methyl/N-ethyl adjacent to an activating group) is 1. The number of fused-ring (bicyclic) bond motifs is 1. The standard InChI is InChI=1S/C18H21N5O3.C14H24N2O/c1-22(2)10-9-20-18-19-8-7-15(21-18)26-14-6-4-5-12-11-13(17(24)25)23(3)16(12)14;1-14(2,3)11-7-10(9-16(4)5)13(17-6)12(15)8-11/h4-8,11H,9-10H2,1-3H3,(H,24,25)(H,19,20,21);7-8H,9,15H2,1-6H3. The minimum atomic E-state index is -0.982.